The smallest absolute Gasteiger partial charge is 0.131 e. The number of alkyl halides is 1. The molecule has 5 heteroatoms. The van der Waals surface area contributed by atoms with Crippen molar-refractivity contribution in [1.82, 2.24) is 0 Å². The Kier molecular flexibility index (Phi) is 4.69. The van der Waals surface area contributed by atoms with Crippen molar-refractivity contribution in [3.63, 3.8) is 0 Å². The van der Waals surface area contributed by atoms with Gasteiger partial charge >= 0.3 is 0 Å². The molecule has 100 valence electrons. The van der Waals surface area contributed by atoms with E-state index in [0.717, 1.165) is 9.64 Å². The third-order valence-electron chi connectivity index (χ3n) is 2.79. The lowest BCUT2D eigenvalue weighted by Gasteiger charge is -2.13. The summed E-state index contributed by atoms with van der Waals surface area (Å²) in [6.07, 6.45) is 0. The van der Waals surface area contributed by atoms with Crippen LogP contribution in [0.2, 0.25) is 5.02 Å². The van der Waals surface area contributed by atoms with Crippen LogP contribution in [0, 0.1) is 22.1 Å². The van der Waals surface area contributed by atoms with Crippen LogP contribution in [-0.4, -0.2) is 0 Å². The summed E-state index contributed by atoms with van der Waals surface area (Å²) in [6.45, 7) is 1.57. The highest BCUT2D eigenvalue weighted by Crippen LogP contribution is 2.34. The Morgan fingerprint density at radius 3 is 2.42 bits per heavy atom. The summed E-state index contributed by atoms with van der Waals surface area (Å²) in [5.74, 6) is -1.23. The highest BCUT2D eigenvalue weighted by atomic mass is 127. The summed E-state index contributed by atoms with van der Waals surface area (Å²) in [7, 11) is 0. The molecule has 0 radical (unpaired) electrons. The molecule has 0 heterocycles. The van der Waals surface area contributed by atoms with E-state index < -0.39 is 17.0 Å². The maximum absolute atomic E-state index is 13.8. The fraction of sp³-hybridized carbons (Fsp3) is 0.143. The van der Waals surface area contributed by atoms with Gasteiger partial charge in [-0.3, -0.25) is 0 Å². The molecule has 0 aliphatic rings. The molecule has 19 heavy (non-hydrogen) atoms. The van der Waals surface area contributed by atoms with Crippen molar-refractivity contribution in [2.45, 2.75) is 12.3 Å². The zero-order valence-electron chi connectivity index (χ0n) is 9.85. The van der Waals surface area contributed by atoms with Gasteiger partial charge in [-0.2, -0.15) is 0 Å². The minimum Gasteiger partial charge on any atom is -0.207 e. The minimum atomic E-state index is -0.700. The first-order valence-electron chi connectivity index (χ1n) is 5.44. The molecule has 0 spiro atoms. The molecule has 0 saturated heterocycles. The van der Waals surface area contributed by atoms with E-state index >= 15 is 0 Å². The van der Waals surface area contributed by atoms with Crippen molar-refractivity contribution in [2.75, 3.05) is 0 Å². The number of hydrogen-bond donors (Lipinski definition) is 0. The number of benzene rings is 2. The standard InChI is InChI=1S/C14H9Cl2F2I/c1-7-4-9(12(18)6-11(7)17)14(16)8-2-3-13(19)10(15)5-8/h2-6,14H,1H3. The van der Waals surface area contributed by atoms with Crippen LogP contribution in [0.1, 0.15) is 22.1 Å². The molecule has 0 aromatic heterocycles. The van der Waals surface area contributed by atoms with E-state index in [4.69, 9.17) is 23.2 Å². The molecule has 0 fully saturated rings. The van der Waals surface area contributed by atoms with E-state index in [-0.39, 0.29) is 5.56 Å². The lowest BCUT2D eigenvalue weighted by molar-refractivity contribution is 0.568. The maximum Gasteiger partial charge on any atom is 0.131 e. The zero-order chi connectivity index (χ0) is 14.2. The number of halogens is 5. The fourth-order valence-electron chi connectivity index (χ4n) is 1.72. The predicted molar refractivity (Wildman–Crippen MR) is 83.0 cm³/mol. The summed E-state index contributed by atoms with van der Waals surface area (Å²) >= 11 is 14.4. The lowest BCUT2D eigenvalue weighted by Crippen LogP contribution is -2.00. The largest absolute Gasteiger partial charge is 0.207 e. The van der Waals surface area contributed by atoms with Crippen molar-refractivity contribution < 1.29 is 8.78 Å². The summed E-state index contributed by atoms with van der Waals surface area (Å²) < 4.78 is 27.9. The Labute approximate surface area is 133 Å². The maximum atomic E-state index is 13.8. The summed E-state index contributed by atoms with van der Waals surface area (Å²) in [4.78, 5) is 0. The van der Waals surface area contributed by atoms with Crippen LogP contribution in [0.3, 0.4) is 0 Å². The molecule has 0 N–H and O–H groups in total. The van der Waals surface area contributed by atoms with Crippen molar-refractivity contribution >= 4 is 45.8 Å². The molecular formula is C14H9Cl2F2I. The first-order chi connectivity index (χ1) is 8.90. The van der Waals surface area contributed by atoms with E-state index in [1.54, 1.807) is 19.1 Å². The van der Waals surface area contributed by atoms with Gasteiger partial charge in [0.1, 0.15) is 11.6 Å². The molecule has 2 aromatic rings. The second-order valence-corrected chi connectivity index (χ2v) is 6.16. The third-order valence-corrected chi connectivity index (χ3v) is 4.85. The van der Waals surface area contributed by atoms with Crippen LogP contribution >= 0.6 is 45.8 Å². The lowest BCUT2D eigenvalue weighted by atomic mass is 10.0. The van der Waals surface area contributed by atoms with E-state index in [0.29, 0.717) is 16.1 Å². The molecule has 0 amide bonds. The molecule has 0 nitrogen and oxygen atoms in total. The van der Waals surface area contributed by atoms with Gasteiger partial charge in [0.25, 0.3) is 0 Å². The Morgan fingerprint density at radius 1 is 1.11 bits per heavy atom. The molecule has 1 atom stereocenters. The Hall–Kier alpha value is -0.390. The topological polar surface area (TPSA) is 0 Å². The first kappa shape index (κ1) is 15.0. The van der Waals surface area contributed by atoms with Gasteiger partial charge in [-0.05, 0) is 58.8 Å². The van der Waals surface area contributed by atoms with Gasteiger partial charge in [-0.25, -0.2) is 8.78 Å². The van der Waals surface area contributed by atoms with Crippen LogP contribution in [0.25, 0.3) is 0 Å². The van der Waals surface area contributed by atoms with Gasteiger partial charge in [-0.1, -0.05) is 17.7 Å². The highest BCUT2D eigenvalue weighted by Gasteiger charge is 2.18. The summed E-state index contributed by atoms with van der Waals surface area (Å²) in [6, 6.07) is 7.56. The molecule has 1 unspecified atom stereocenters. The van der Waals surface area contributed by atoms with Crippen LogP contribution in [0.4, 0.5) is 8.78 Å². The molecule has 0 saturated carbocycles. The molecule has 0 aliphatic heterocycles. The van der Waals surface area contributed by atoms with Crippen molar-refractivity contribution in [3.8, 4) is 0 Å². The van der Waals surface area contributed by atoms with Crippen LogP contribution < -0.4 is 0 Å². The van der Waals surface area contributed by atoms with Crippen molar-refractivity contribution in [1.29, 1.82) is 0 Å². The van der Waals surface area contributed by atoms with E-state index in [2.05, 4.69) is 22.6 Å². The predicted octanol–water partition coefficient (Wildman–Crippen LogP) is 5.86. The van der Waals surface area contributed by atoms with Gasteiger partial charge in [0.2, 0.25) is 0 Å². The molecule has 0 bridgehead atoms. The fourth-order valence-corrected chi connectivity index (χ4v) is 2.55. The van der Waals surface area contributed by atoms with Crippen LogP contribution in [0.5, 0.6) is 0 Å². The van der Waals surface area contributed by atoms with Gasteiger partial charge in [0, 0.05) is 15.2 Å². The zero-order valence-corrected chi connectivity index (χ0v) is 13.5. The van der Waals surface area contributed by atoms with Crippen LogP contribution in [0.15, 0.2) is 30.3 Å². The van der Waals surface area contributed by atoms with E-state index in [1.807, 2.05) is 6.07 Å². The second-order valence-electron chi connectivity index (χ2n) is 4.16. The molecule has 2 rings (SSSR count). The molecular weight excluding hydrogens is 404 g/mol. The third kappa shape index (κ3) is 3.20. The van der Waals surface area contributed by atoms with Crippen molar-refractivity contribution in [2.24, 2.45) is 0 Å². The number of hydrogen-bond acceptors (Lipinski definition) is 0. The quantitative estimate of drug-likeness (QED) is 0.428. The highest BCUT2D eigenvalue weighted by molar-refractivity contribution is 14.1. The van der Waals surface area contributed by atoms with Gasteiger partial charge in [-0.15, -0.1) is 11.6 Å². The van der Waals surface area contributed by atoms with Crippen LogP contribution in [-0.2, 0) is 0 Å². The average molecular weight is 413 g/mol. The van der Waals surface area contributed by atoms with Gasteiger partial charge in [0.05, 0.1) is 10.4 Å². The molecule has 0 aliphatic carbocycles. The first-order valence-corrected chi connectivity index (χ1v) is 7.34. The normalized spacial score (nSPS) is 12.5. The summed E-state index contributed by atoms with van der Waals surface area (Å²) in [5.41, 5.74) is 1.29. The van der Waals surface area contributed by atoms with E-state index in [9.17, 15) is 8.78 Å². The number of rotatable bonds is 2. The minimum absolute atomic E-state index is 0.248. The SMILES string of the molecule is Cc1cc(C(Cl)c2ccc(I)c(Cl)c2)c(F)cc1F. The Morgan fingerprint density at radius 2 is 1.79 bits per heavy atom. The molecule has 2 aromatic carbocycles. The summed E-state index contributed by atoms with van der Waals surface area (Å²) in [5, 5.41) is -0.142. The Balaban J connectivity index is 2.46. The van der Waals surface area contributed by atoms with Gasteiger partial charge in [0.15, 0.2) is 0 Å². The number of aryl methyl sites for hydroxylation is 1. The average Bonchev–Trinajstić information content (AvgIpc) is 2.36. The van der Waals surface area contributed by atoms with E-state index in [1.165, 1.54) is 6.07 Å². The second kappa shape index (κ2) is 5.94. The Bertz CT molecular complexity index is 629. The van der Waals surface area contributed by atoms with Gasteiger partial charge < -0.3 is 0 Å². The van der Waals surface area contributed by atoms with Crippen molar-refractivity contribution in [3.05, 3.63) is 67.2 Å². The monoisotopic (exact) mass is 412 g/mol.